The minimum absolute atomic E-state index is 0.00106. The van der Waals surface area contributed by atoms with E-state index < -0.39 is 151 Å². The summed E-state index contributed by atoms with van der Waals surface area (Å²) in [5, 5.41) is 34.8. The van der Waals surface area contributed by atoms with Crippen LogP contribution in [-0.2, 0) is 70.4 Å². The number of aromatic hydroxyl groups is 1. The molecule has 34 heteroatoms. The number of rotatable bonds is 19. The van der Waals surface area contributed by atoms with Crippen LogP contribution in [0.25, 0.3) is 0 Å². The zero-order chi connectivity index (χ0) is 61.3. The fourth-order valence-electron chi connectivity index (χ4n) is 7.80. The molecule has 0 aromatic heterocycles. The summed E-state index contributed by atoms with van der Waals surface area (Å²) >= 11 is 0. The second kappa shape index (κ2) is 33.4. The number of phenols is 1. The summed E-state index contributed by atoms with van der Waals surface area (Å²) in [6.45, 7) is -0.443. The van der Waals surface area contributed by atoms with Crippen molar-refractivity contribution in [1.82, 2.24) is 42.1 Å². The molecule has 11 amide bonds. The minimum Gasteiger partial charge on any atom is -0.508 e. The molecule has 2 aliphatic heterocycles. The topological polar surface area (TPSA) is 501 Å². The van der Waals surface area contributed by atoms with Crippen molar-refractivity contribution in [3.8, 4) is 5.75 Å². The van der Waals surface area contributed by atoms with E-state index in [1.54, 1.807) is 30.3 Å². The van der Waals surface area contributed by atoms with Gasteiger partial charge in [0.25, 0.3) is 0 Å². The third-order valence-electron chi connectivity index (χ3n) is 11.9. The number of carboxylic acid groups (broad SMARTS) is 1. The van der Waals surface area contributed by atoms with E-state index in [-0.39, 0.29) is 68.4 Å². The second-order valence-corrected chi connectivity index (χ2v) is 21.0. The maximum atomic E-state index is 14.6. The maximum absolute atomic E-state index is 14.6. The highest BCUT2D eigenvalue weighted by Crippen LogP contribution is 2.26. The molecule has 2 aliphatic rings. The van der Waals surface area contributed by atoms with Gasteiger partial charge in [-0.15, -0.1) is 0 Å². The summed E-state index contributed by atoms with van der Waals surface area (Å²) in [6, 6.07) is 2.80. The van der Waals surface area contributed by atoms with Gasteiger partial charge in [0.1, 0.15) is 48.0 Å². The molecule has 4 rings (SSSR count). The number of hydrogen-bond acceptors (Lipinski definition) is 17. The third-order valence-corrected chi connectivity index (χ3v) is 14.3. The van der Waals surface area contributed by atoms with Crippen LogP contribution in [0.5, 0.6) is 5.75 Å². The van der Waals surface area contributed by atoms with Crippen LogP contribution in [0, 0.1) is 0 Å². The molecular weight excluding hydrogens is 1130 g/mol. The molecule has 2 heterocycles. The van der Waals surface area contributed by atoms with Crippen molar-refractivity contribution >= 4 is 98.5 Å². The summed E-state index contributed by atoms with van der Waals surface area (Å²) in [5.41, 5.74) is 34.4. The Morgan fingerprint density at radius 3 is 1.82 bits per heavy atom. The van der Waals surface area contributed by atoms with Crippen LogP contribution in [0.3, 0.4) is 0 Å². The molecular formula is C48H66F3N15O14S2. The first-order valence-corrected chi connectivity index (χ1v) is 27.5. The molecule has 8 atom stereocenters. The first kappa shape index (κ1) is 67.9. The van der Waals surface area contributed by atoms with E-state index >= 15 is 0 Å². The Morgan fingerprint density at radius 2 is 1.26 bits per heavy atom. The molecule has 3 unspecified atom stereocenters. The highest BCUT2D eigenvalue weighted by Gasteiger charge is 2.41. The predicted molar refractivity (Wildman–Crippen MR) is 289 cm³/mol. The predicted octanol–water partition coefficient (Wildman–Crippen LogP) is -4.77. The van der Waals surface area contributed by atoms with E-state index in [0.717, 1.165) is 21.6 Å². The number of aliphatic imine (C=N–C) groups is 1. The minimum atomic E-state index is -5.08. The molecule has 2 fully saturated rings. The molecule has 2 saturated heterocycles. The van der Waals surface area contributed by atoms with Gasteiger partial charge in [0.05, 0.1) is 19.0 Å². The molecule has 2 aromatic rings. The Morgan fingerprint density at radius 1 is 0.720 bits per heavy atom. The Kier molecular flexibility index (Phi) is 27.6. The van der Waals surface area contributed by atoms with Crippen molar-refractivity contribution in [2.75, 3.05) is 31.1 Å². The number of nitrogens with zero attached hydrogens (tertiary/aromatic N) is 2. The summed E-state index contributed by atoms with van der Waals surface area (Å²) in [7, 11) is 1.99. The van der Waals surface area contributed by atoms with Crippen LogP contribution < -0.4 is 71.6 Å². The van der Waals surface area contributed by atoms with Crippen LogP contribution in [0.4, 0.5) is 13.2 Å². The van der Waals surface area contributed by atoms with Crippen LogP contribution in [0.2, 0.25) is 0 Å². The molecule has 29 nitrogen and oxygen atoms in total. The molecule has 21 N–H and O–H groups in total. The van der Waals surface area contributed by atoms with E-state index in [1.165, 1.54) is 29.2 Å². The van der Waals surface area contributed by atoms with Gasteiger partial charge in [0.15, 0.2) is 5.96 Å². The lowest BCUT2D eigenvalue weighted by molar-refractivity contribution is -0.192. The van der Waals surface area contributed by atoms with E-state index in [1.807, 2.05) is 0 Å². The Bertz CT molecular complexity index is 2640. The van der Waals surface area contributed by atoms with Gasteiger partial charge in [-0.1, -0.05) is 64.1 Å². The fraction of sp³-hybridized carbons (Fsp3) is 0.479. The fourth-order valence-corrected chi connectivity index (χ4v) is 10.1. The summed E-state index contributed by atoms with van der Waals surface area (Å²) in [4.78, 5) is 162. The highest BCUT2D eigenvalue weighted by atomic mass is 33.1. The quantitative estimate of drug-likeness (QED) is 0.0272. The smallest absolute Gasteiger partial charge is 0.490 e. The largest absolute Gasteiger partial charge is 0.508 e. The zero-order valence-corrected chi connectivity index (χ0v) is 45.4. The average molecular weight is 1200 g/mol. The molecule has 82 heavy (non-hydrogen) atoms. The van der Waals surface area contributed by atoms with Gasteiger partial charge in [-0.05, 0) is 55.4 Å². The van der Waals surface area contributed by atoms with Gasteiger partial charge in [-0.2, -0.15) is 13.2 Å². The first-order chi connectivity index (χ1) is 38.5. The van der Waals surface area contributed by atoms with Crippen molar-refractivity contribution < 1.29 is 80.9 Å². The van der Waals surface area contributed by atoms with Crippen molar-refractivity contribution in [3.63, 3.8) is 0 Å². The van der Waals surface area contributed by atoms with E-state index in [9.17, 15) is 71.0 Å². The van der Waals surface area contributed by atoms with Gasteiger partial charge in [0, 0.05) is 43.9 Å². The number of guanidine groups is 1. The molecule has 0 saturated carbocycles. The van der Waals surface area contributed by atoms with E-state index in [0.29, 0.717) is 17.5 Å². The van der Waals surface area contributed by atoms with Crippen molar-refractivity contribution in [1.29, 1.82) is 0 Å². The lowest BCUT2D eigenvalue weighted by Gasteiger charge is -2.31. The molecule has 450 valence electrons. The number of nitrogens with two attached hydrogens (primary N) is 6. The molecule has 0 bridgehead atoms. The maximum Gasteiger partial charge on any atom is 0.490 e. The third kappa shape index (κ3) is 24.1. The number of benzene rings is 2. The Labute approximate surface area is 474 Å². The number of primary amides is 3. The lowest BCUT2D eigenvalue weighted by atomic mass is 10.0. The number of nitrogens with one attached hydrogen (secondary N) is 7. The summed E-state index contributed by atoms with van der Waals surface area (Å²) < 4.78 is 31.7. The number of likely N-dealkylation sites (tertiary alicyclic amines) is 1. The average Bonchev–Trinajstić information content (AvgIpc) is 4.02. The van der Waals surface area contributed by atoms with Gasteiger partial charge < -0.3 is 86.7 Å². The van der Waals surface area contributed by atoms with E-state index in [2.05, 4.69) is 42.2 Å². The molecule has 0 spiro atoms. The number of amides is 11. The van der Waals surface area contributed by atoms with Crippen molar-refractivity contribution in [2.24, 2.45) is 39.4 Å². The second-order valence-electron chi connectivity index (χ2n) is 18.4. The number of carboxylic acids is 1. The lowest BCUT2D eigenvalue weighted by Crippen LogP contribution is -2.61. The number of halogens is 3. The summed E-state index contributed by atoms with van der Waals surface area (Å²) in [5.74, 6) is -13.3. The van der Waals surface area contributed by atoms with Crippen LogP contribution >= 0.6 is 21.6 Å². The Hall–Kier alpha value is -8.40. The van der Waals surface area contributed by atoms with Gasteiger partial charge in [0.2, 0.25) is 65.0 Å². The van der Waals surface area contributed by atoms with Crippen molar-refractivity contribution in [3.05, 3.63) is 65.7 Å². The first-order valence-electron chi connectivity index (χ1n) is 25.0. The molecule has 0 radical (unpaired) electrons. The number of phenolic OH excluding ortho intramolecular Hbond substituents is 1. The van der Waals surface area contributed by atoms with Crippen LogP contribution in [0.15, 0.2) is 59.6 Å². The van der Waals surface area contributed by atoms with E-state index in [4.69, 9.17) is 44.3 Å². The normalized spacial score (nSPS) is 21.6. The zero-order valence-electron chi connectivity index (χ0n) is 43.8. The van der Waals surface area contributed by atoms with Crippen molar-refractivity contribution in [2.45, 2.75) is 112 Å². The highest BCUT2D eigenvalue weighted by molar-refractivity contribution is 8.76. The summed E-state index contributed by atoms with van der Waals surface area (Å²) in [6.07, 6.45) is -6.47. The van der Waals surface area contributed by atoms with Gasteiger partial charge >= 0.3 is 12.1 Å². The van der Waals surface area contributed by atoms with Gasteiger partial charge in [-0.25, -0.2) is 4.79 Å². The number of hydrogen-bond donors (Lipinski definition) is 15. The molecule has 2 aromatic carbocycles. The standard InChI is InChI=1S/C46H65N15O12S2.C2HF3O2/c47-27-22-74-75-23-33(45(73)61-17-5-9-34(61)44(72)56-28(8-4-16-53-46(51)52)39(67)54-21-37(50)65)60-43(71)32(20-36(49)64)59-40(68)29(14-15-35(48)63)55-41(69)31(18-24-6-2-1-3-7-24)58-42(70)30(57-38(27)66)19-25-10-12-26(62)13-11-25;3-2(4,5)1(6)7/h1-3,6-7,10-13,27-34,62H,4-5,8-9,14-23,47H2,(H2,48,63)(H2,49,64)(H2,50,65)(H,54,67)(H,55,69)(H,56,72)(H,57,66)(H,58,70)(H,59,68)(H,60,71)(H4,51,52,53);(H,6,7)/t27-,28-,29-,30-,31?,32?,33?,34-;/m0./s1. The SMILES string of the molecule is NC(=O)CC[C@@H]1NC(=O)C(Cc2ccccc2)NC(=O)[C@H](Cc2ccc(O)cc2)NC(=O)[C@@H](N)CSSCC(C(=O)N2CCC[C@H]2C(=O)N[C@@H](CCCN=C(N)N)C(=O)NCC(N)=O)NC(=O)C(CC(N)=O)NC1=O.O=C(O)C(F)(F)F. The number of carbonyl (C=O) groups excluding carboxylic acids is 11. The number of aliphatic carboxylic acids is 1. The van der Waals surface area contributed by atoms with Crippen LogP contribution in [0.1, 0.15) is 56.1 Å². The Balaban J connectivity index is 0.00000236. The monoisotopic (exact) mass is 1200 g/mol. The van der Waals surface area contributed by atoms with Gasteiger partial charge in [-0.3, -0.25) is 57.7 Å². The van der Waals surface area contributed by atoms with Crippen LogP contribution in [-0.4, -0.2) is 178 Å². The number of alkyl halides is 3. The molecule has 0 aliphatic carbocycles. The number of carbonyl (C=O) groups is 12.